The molecule has 3 aromatic carbocycles. The molecule has 0 aliphatic carbocycles. The van der Waals surface area contributed by atoms with Gasteiger partial charge in [-0.15, -0.1) is 0 Å². The Morgan fingerprint density at radius 3 is 2.47 bits per heavy atom. The number of benzene rings is 3. The highest BCUT2D eigenvalue weighted by atomic mass is 19.1. The summed E-state index contributed by atoms with van der Waals surface area (Å²) >= 11 is 0. The summed E-state index contributed by atoms with van der Waals surface area (Å²) in [5.41, 5.74) is 7.30. The average Bonchev–Trinajstić information content (AvgIpc) is 2.44. The minimum atomic E-state index is -0.411. The summed E-state index contributed by atoms with van der Waals surface area (Å²) in [6.07, 6.45) is 0. The lowest BCUT2D eigenvalue weighted by molar-refractivity contribution is 0.633. The highest BCUT2D eigenvalue weighted by molar-refractivity contribution is 5.87. The van der Waals surface area contributed by atoms with Crippen LogP contribution in [-0.4, -0.2) is 0 Å². The van der Waals surface area contributed by atoms with Gasteiger partial charge in [-0.2, -0.15) is 0 Å². The third-order valence-electron chi connectivity index (χ3n) is 3.08. The molecule has 0 bridgehead atoms. The van der Waals surface area contributed by atoms with Crippen LogP contribution in [0.1, 0.15) is 0 Å². The molecule has 0 aliphatic heterocycles. The first kappa shape index (κ1) is 11.5. The first-order valence-corrected chi connectivity index (χ1v) is 6.04. The van der Waals surface area contributed by atoms with Crippen LogP contribution in [-0.2, 0) is 0 Å². The zero-order valence-corrected chi connectivity index (χ0v) is 10.2. The fourth-order valence-electron chi connectivity index (χ4n) is 2.07. The highest BCUT2D eigenvalue weighted by Crippen LogP contribution is 2.27. The third-order valence-corrected chi connectivity index (χ3v) is 3.08. The fraction of sp³-hybridized carbons (Fsp3) is 0. The third kappa shape index (κ3) is 2.22. The molecule has 0 heterocycles. The number of halogens is 1. The van der Waals surface area contributed by atoms with Crippen LogP contribution in [0.5, 0.6) is 0 Å². The summed E-state index contributed by atoms with van der Waals surface area (Å²) in [6, 6.07) is 18.8. The van der Waals surface area contributed by atoms with Crippen LogP contribution >= 0.6 is 0 Å². The maximum atomic E-state index is 13.4. The van der Waals surface area contributed by atoms with Crippen molar-refractivity contribution in [3.63, 3.8) is 0 Å². The van der Waals surface area contributed by atoms with Gasteiger partial charge in [-0.05, 0) is 35.0 Å². The number of anilines is 3. The molecule has 0 fully saturated rings. The van der Waals surface area contributed by atoms with E-state index in [0.29, 0.717) is 5.69 Å². The maximum Gasteiger partial charge on any atom is 0.148 e. The Morgan fingerprint density at radius 2 is 1.63 bits per heavy atom. The van der Waals surface area contributed by atoms with Crippen LogP contribution in [0.15, 0.2) is 60.7 Å². The molecule has 19 heavy (non-hydrogen) atoms. The molecule has 0 spiro atoms. The van der Waals surface area contributed by atoms with E-state index in [0.717, 1.165) is 11.1 Å². The average molecular weight is 252 g/mol. The van der Waals surface area contributed by atoms with Crippen molar-refractivity contribution < 1.29 is 4.39 Å². The van der Waals surface area contributed by atoms with E-state index in [1.165, 1.54) is 11.5 Å². The van der Waals surface area contributed by atoms with Crippen LogP contribution in [0.25, 0.3) is 10.8 Å². The molecule has 0 saturated carbocycles. The van der Waals surface area contributed by atoms with Crippen LogP contribution in [0, 0.1) is 5.82 Å². The molecular formula is C16H13FN2. The molecule has 3 aromatic rings. The van der Waals surface area contributed by atoms with Gasteiger partial charge in [0.2, 0.25) is 0 Å². The number of hydrogen-bond donors (Lipinski definition) is 2. The van der Waals surface area contributed by atoms with Crippen molar-refractivity contribution in [2.75, 3.05) is 11.1 Å². The second-order valence-corrected chi connectivity index (χ2v) is 4.39. The SMILES string of the molecule is Nc1c(F)cccc1Nc1ccc2ccccc2c1. The standard InChI is InChI=1S/C16H13FN2/c17-14-6-3-7-15(16(14)18)19-13-9-8-11-4-1-2-5-12(11)10-13/h1-10,19H,18H2. The number of rotatable bonds is 2. The Bertz CT molecular complexity index is 738. The Morgan fingerprint density at radius 1 is 0.842 bits per heavy atom. The van der Waals surface area contributed by atoms with Crippen molar-refractivity contribution in [3.05, 3.63) is 66.5 Å². The summed E-state index contributed by atoms with van der Waals surface area (Å²) in [4.78, 5) is 0. The number of nitrogens with one attached hydrogen (secondary N) is 1. The zero-order chi connectivity index (χ0) is 13.2. The maximum absolute atomic E-state index is 13.4. The molecular weight excluding hydrogens is 239 g/mol. The first-order valence-electron chi connectivity index (χ1n) is 6.04. The molecule has 0 amide bonds. The first-order chi connectivity index (χ1) is 9.24. The summed E-state index contributed by atoms with van der Waals surface area (Å²) in [5, 5.41) is 5.43. The molecule has 0 aromatic heterocycles. The quantitative estimate of drug-likeness (QED) is 0.667. The van der Waals surface area contributed by atoms with Gasteiger partial charge in [-0.3, -0.25) is 0 Å². The Labute approximate surface area is 110 Å². The second-order valence-electron chi connectivity index (χ2n) is 4.39. The van der Waals surface area contributed by atoms with E-state index in [2.05, 4.69) is 11.4 Å². The molecule has 3 N–H and O–H groups in total. The summed E-state index contributed by atoms with van der Waals surface area (Å²) < 4.78 is 13.4. The molecule has 0 radical (unpaired) electrons. The molecule has 2 nitrogen and oxygen atoms in total. The Hall–Kier alpha value is -2.55. The van der Waals surface area contributed by atoms with E-state index in [1.54, 1.807) is 12.1 Å². The number of hydrogen-bond acceptors (Lipinski definition) is 2. The summed E-state index contributed by atoms with van der Waals surface area (Å²) in [6.45, 7) is 0. The number of fused-ring (bicyclic) bond motifs is 1. The van der Waals surface area contributed by atoms with Gasteiger partial charge in [0, 0.05) is 5.69 Å². The van der Waals surface area contributed by atoms with E-state index >= 15 is 0 Å². The Balaban J connectivity index is 1.99. The van der Waals surface area contributed by atoms with Gasteiger partial charge in [-0.25, -0.2) is 4.39 Å². The van der Waals surface area contributed by atoms with Crippen molar-refractivity contribution >= 4 is 27.8 Å². The van der Waals surface area contributed by atoms with Gasteiger partial charge in [0.15, 0.2) is 0 Å². The van der Waals surface area contributed by atoms with Crippen LogP contribution in [0.4, 0.5) is 21.5 Å². The molecule has 0 atom stereocenters. The van der Waals surface area contributed by atoms with Crippen molar-refractivity contribution in [2.24, 2.45) is 0 Å². The lowest BCUT2D eigenvalue weighted by atomic mass is 10.1. The predicted molar refractivity (Wildman–Crippen MR) is 78.0 cm³/mol. The molecule has 0 unspecified atom stereocenters. The largest absolute Gasteiger partial charge is 0.395 e. The number of para-hydroxylation sites is 1. The van der Waals surface area contributed by atoms with Gasteiger partial charge >= 0.3 is 0 Å². The second kappa shape index (κ2) is 4.61. The van der Waals surface area contributed by atoms with Crippen molar-refractivity contribution in [1.29, 1.82) is 0 Å². The van der Waals surface area contributed by atoms with Gasteiger partial charge in [0.25, 0.3) is 0 Å². The highest BCUT2D eigenvalue weighted by Gasteiger charge is 2.04. The van der Waals surface area contributed by atoms with E-state index in [4.69, 9.17) is 5.73 Å². The van der Waals surface area contributed by atoms with Gasteiger partial charge < -0.3 is 11.1 Å². The lowest BCUT2D eigenvalue weighted by Gasteiger charge is -2.10. The van der Waals surface area contributed by atoms with Gasteiger partial charge in [0.1, 0.15) is 5.82 Å². The van der Waals surface area contributed by atoms with Crippen LogP contribution < -0.4 is 11.1 Å². The molecule has 3 rings (SSSR count). The summed E-state index contributed by atoms with van der Waals surface area (Å²) in [5.74, 6) is -0.411. The smallest absolute Gasteiger partial charge is 0.148 e. The minimum absolute atomic E-state index is 0.135. The molecule has 0 aliphatic rings. The minimum Gasteiger partial charge on any atom is -0.395 e. The van der Waals surface area contributed by atoms with Gasteiger partial charge in [-0.1, -0.05) is 36.4 Å². The van der Waals surface area contributed by atoms with E-state index in [-0.39, 0.29) is 5.69 Å². The topological polar surface area (TPSA) is 38.0 Å². The zero-order valence-electron chi connectivity index (χ0n) is 10.2. The lowest BCUT2D eigenvalue weighted by Crippen LogP contribution is -1.98. The normalized spacial score (nSPS) is 10.6. The van der Waals surface area contributed by atoms with E-state index < -0.39 is 5.82 Å². The van der Waals surface area contributed by atoms with Crippen molar-refractivity contribution in [3.8, 4) is 0 Å². The Kier molecular flexibility index (Phi) is 2.80. The van der Waals surface area contributed by atoms with Crippen LogP contribution in [0.3, 0.4) is 0 Å². The van der Waals surface area contributed by atoms with Crippen molar-refractivity contribution in [2.45, 2.75) is 0 Å². The number of nitrogens with two attached hydrogens (primary N) is 1. The van der Waals surface area contributed by atoms with Crippen LogP contribution in [0.2, 0.25) is 0 Å². The monoisotopic (exact) mass is 252 g/mol. The van der Waals surface area contributed by atoms with E-state index in [1.807, 2.05) is 36.4 Å². The van der Waals surface area contributed by atoms with Crippen molar-refractivity contribution in [1.82, 2.24) is 0 Å². The predicted octanol–water partition coefficient (Wildman–Crippen LogP) is 4.30. The molecule has 3 heteroatoms. The summed E-state index contributed by atoms with van der Waals surface area (Å²) in [7, 11) is 0. The number of nitrogen functional groups attached to an aromatic ring is 1. The van der Waals surface area contributed by atoms with E-state index in [9.17, 15) is 4.39 Å². The molecule has 0 saturated heterocycles. The fourth-order valence-corrected chi connectivity index (χ4v) is 2.07. The van der Waals surface area contributed by atoms with Gasteiger partial charge in [0.05, 0.1) is 11.4 Å². The molecule has 94 valence electrons.